The predicted molar refractivity (Wildman–Crippen MR) is 137 cm³/mol. The number of hydrogen-bond donors (Lipinski definition) is 2. The molecule has 0 bridgehead atoms. The molecule has 1 aliphatic rings. The van der Waals surface area contributed by atoms with Crippen molar-refractivity contribution in [2.75, 3.05) is 18.1 Å². The van der Waals surface area contributed by atoms with Gasteiger partial charge in [0, 0.05) is 36.7 Å². The lowest BCUT2D eigenvalue weighted by Gasteiger charge is -2.32. The number of carboxylic acid groups (broad SMARTS) is 1. The largest absolute Gasteiger partial charge is 0.477 e. The summed E-state index contributed by atoms with van der Waals surface area (Å²) in [6.07, 6.45) is 2.50. The highest BCUT2D eigenvalue weighted by Crippen LogP contribution is 2.34. The number of benzene rings is 2. The second-order valence-electron chi connectivity index (χ2n) is 10.2. The highest BCUT2D eigenvalue weighted by Gasteiger charge is 2.28. The number of carbonyl (C=O) groups is 2. The van der Waals surface area contributed by atoms with Crippen molar-refractivity contribution < 1.29 is 24.2 Å². The predicted octanol–water partition coefficient (Wildman–Crippen LogP) is 4.79. The van der Waals surface area contributed by atoms with Crippen molar-refractivity contribution in [2.24, 2.45) is 5.41 Å². The molecular formula is C27H28ClFN2O5. The molecule has 4 rings (SSSR count). The van der Waals surface area contributed by atoms with Crippen molar-refractivity contribution in [3.63, 3.8) is 0 Å². The Kier molecular flexibility index (Phi) is 6.94. The monoisotopic (exact) mass is 514 g/mol. The molecule has 2 N–H and O–H groups in total. The van der Waals surface area contributed by atoms with Crippen LogP contribution in [0.4, 0.5) is 10.1 Å². The molecule has 9 heteroatoms. The van der Waals surface area contributed by atoms with Gasteiger partial charge in [-0.1, -0.05) is 38.4 Å². The fourth-order valence-electron chi connectivity index (χ4n) is 4.76. The second-order valence-corrected chi connectivity index (χ2v) is 10.6. The molecule has 1 aliphatic heterocycles. The van der Waals surface area contributed by atoms with E-state index in [0.717, 1.165) is 6.42 Å². The maximum absolute atomic E-state index is 15.0. The molecule has 1 aromatic heterocycles. The van der Waals surface area contributed by atoms with Crippen LogP contribution in [0.15, 0.2) is 41.3 Å². The van der Waals surface area contributed by atoms with E-state index >= 15 is 0 Å². The summed E-state index contributed by atoms with van der Waals surface area (Å²) in [5, 5.41) is 19.8. The summed E-state index contributed by atoms with van der Waals surface area (Å²) in [6.45, 7) is 6.02. The summed E-state index contributed by atoms with van der Waals surface area (Å²) < 4.78 is 16.6. The zero-order valence-electron chi connectivity index (χ0n) is 20.3. The maximum Gasteiger partial charge on any atom is 0.341 e. The molecule has 2 heterocycles. The van der Waals surface area contributed by atoms with Crippen LogP contribution in [-0.2, 0) is 11.2 Å². The average Bonchev–Trinajstić information content (AvgIpc) is 3.23. The molecule has 36 heavy (non-hydrogen) atoms. The van der Waals surface area contributed by atoms with Crippen molar-refractivity contribution in [1.82, 2.24) is 4.57 Å². The molecule has 0 radical (unpaired) electrons. The Morgan fingerprint density at radius 1 is 1.19 bits per heavy atom. The molecule has 1 atom stereocenters. The van der Waals surface area contributed by atoms with Crippen LogP contribution >= 0.6 is 11.6 Å². The van der Waals surface area contributed by atoms with Crippen LogP contribution in [0, 0.1) is 11.2 Å². The normalized spacial score (nSPS) is 15.1. The number of carbonyl (C=O) groups excluding carboxylic acids is 1. The van der Waals surface area contributed by atoms with Crippen LogP contribution in [0.3, 0.4) is 0 Å². The molecule has 1 saturated heterocycles. The Morgan fingerprint density at radius 2 is 1.92 bits per heavy atom. The zero-order valence-corrected chi connectivity index (χ0v) is 21.1. The highest BCUT2D eigenvalue weighted by atomic mass is 35.5. The maximum atomic E-state index is 15.0. The Bertz CT molecular complexity index is 1430. The topological polar surface area (TPSA) is 99.8 Å². The van der Waals surface area contributed by atoms with E-state index in [1.165, 1.54) is 12.3 Å². The van der Waals surface area contributed by atoms with Gasteiger partial charge in [0.05, 0.1) is 23.2 Å². The van der Waals surface area contributed by atoms with Crippen molar-refractivity contribution in [2.45, 2.75) is 46.1 Å². The van der Waals surface area contributed by atoms with E-state index in [-0.39, 0.29) is 34.9 Å². The number of pyridine rings is 1. The van der Waals surface area contributed by atoms with Crippen molar-refractivity contribution in [1.29, 1.82) is 0 Å². The first kappa shape index (κ1) is 25.9. The SMILES string of the molecule is CC(C)(C)[C@@H](CO)n1cc(C(=O)O)c(=O)c2cc(Cc3cc(N4CCCC4=O)cc(Cl)c3F)ccc21. The number of aliphatic hydroxyl groups is 1. The molecule has 1 amide bonds. The molecule has 0 spiro atoms. The first-order valence-corrected chi connectivity index (χ1v) is 12.1. The number of nitrogens with zero attached hydrogens (tertiary/aromatic N) is 2. The summed E-state index contributed by atoms with van der Waals surface area (Å²) in [7, 11) is 0. The Hall–Kier alpha value is -3.23. The molecule has 0 aliphatic carbocycles. The minimum Gasteiger partial charge on any atom is -0.477 e. The highest BCUT2D eigenvalue weighted by molar-refractivity contribution is 6.31. The number of aromatic carboxylic acids is 1. The quantitative estimate of drug-likeness (QED) is 0.492. The second kappa shape index (κ2) is 9.67. The molecule has 0 unspecified atom stereocenters. The summed E-state index contributed by atoms with van der Waals surface area (Å²) in [6, 6.07) is 7.50. The summed E-state index contributed by atoms with van der Waals surface area (Å²) in [4.78, 5) is 38.7. The van der Waals surface area contributed by atoms with E-state index in [4.69, 9.17) is 11.6 Å². The molecular weight excluding hydrogens is 487 g/mol. The number of fused-ring (bicyclic) bond motifs is 1. The number of rotatable bonds is 6. The third-order valence-electron chi connectivity index (χ3n) is 6.70. The van der Waals surface area contributed by atoms with Crippen LogP contribution in [0.5, 0.6) is 0 Å². The number of amides is 1. The van der Waals surface area contributed by atoms with Gasteiger partial charge in [0.1, 0.15) is 11.4 Å². The zero-order chi connectivity index (χ0) is 26.4. The lowest BCUT2D eigenvalue weighted by atomic mass is 9.86. The van der Waals surface area contributed by atoms with Gasteiger partial charge in [-0.15, -0.1) is 0 Å². The van der Waals surface area contributed by atoms with Gasteiger partial charge in [-0.05, 0) is 47.2 Å². The Morgan fingerprint density at radius 3 is 2.50 bits per heavy atom. The minimum atomic E-state index is -1.37. The van der Waals surface area contributed by atoms with Gasteiger partial charge in [-0.2, -0.15) is 0 Å². The lowest BCUT2D eigenvalue weighted by molar-refractivity contribution is -0.117. The molecule has 0 saturated carbocycles. The van der Waals surface area contributed by atoms with Gasteiger partial charge in [0.2, 0.25) is 11.3 Å². The van der Waals surface area contributed by atoms with Crippen molar-refractivity contribution in [3.05, 3.63) is 74.3 Å². The van der Waals surface area contributed by atoms with Gasteiger partial charge in [-0.3, -0.25) is 9.59 Å². The number of anilines is 1. The third kappa shape index (κ3) is 4.75. The van der Waals surface area contributed by atoms with Crippen LogP contribution in [0.1, 0.15) is 61.1 Å². The number of carboxylic acids is 1. The summed E-state index contributed by atoms with van der Waals surface area (Å²) in [5.41, 5.74) is 0.323. The first-order valence-electron chi connectivity index (χ1n) is 11.7. The minimum absolute atomic E-state index is 0.0478. The van der Waals surface area contributed by atoms with Crippen LogP contribution in [-0.4, -0.2) is 39.8 Å². The average molecular weight is 515 g/mol. The third-order valence-corrected chi connectivity index (χ3v) is 6.98. The molecule has 3 aromatic rings. The number of aromatic nitrogens is 1. The van der Waals surface area contributed by atoms with E-state index in [0.29, 0.717) is 29.7 Å². The van der Waals surface area contributed by atoms with Gasteiger partial charge < -0.3 is 19.7 Å². The number of aliphatic hydroxyl groups excluding tert-OH is 1. The van der Waals surface area contributed by atoms with Crippen LogP contribution < -0.4 is 10.3 Å². The molecule has 190 valence electrons. The van der Waals surface area contributed by atoms with Gasteiger partial charge in [0.25, 0.3) is 0 Å². The van der Waals surface area contributed by atoms with Crippen LogP contribution in [0.2, 0.25) is 5.02 Å². The standard InChI is InChI=1S/C27H28ClFN2O5/c1-27(2,3)22(14-32)31-13-19(26(35)36)25(34)18-10-15(6-7-21(18)31)9-16-11-17(12-20(28)24(16)29)30-8-4-5-23(30)33/h6-7,10-13,22,32H,4-5,8-9,14H2,1-3H3,(H,35,36)/t22-/m1/s1. The molecule has 7 nitrogen and oxygen atoms in total. The molecule has 1 fully saturated rings. The number of hydrogen-bond acceptors (Lipinski definition) is 4. The van der Waals surface area contributed by atoms with E-state index in [1.807, 2.05) is 20.8 Å². The first-order chi connectivity index (χ1) is 16.9. The van der Waals surface area contributed by atoms with Crippen molar-refractivity contribution >= 4 is 40.1 Å². The van der Waals surface area contributed by atoms with Gasteiger partial charge in [-0.25, -0.2) is 9.18 Å². The van der Waals surface area contributed by atoms with E-state index < -0.39 is 34.2 Å². The van der Waals surface area contributed by atoms with Crippen LogP contribution in [0.25, 0.3) is 10.9 Å². The fourth-order valence-corrected chi connectivity index (χ4v) is 4.99. The Balaban J connectivity index is 1.84. The van der Waals surface area contributed by atoms with Gasteiger partial charge in [0.15, 0.2) is 0 Å². The van der Waals surface area contributed by atoms with E-state index in [9.17, 15) is 29.0 Å². The smallest absolute Gasteiger partial charge is 0.341 e. The van der Waals surface area contributed by atoms with Gasteiger partial charge >= 0.3 is 5.97 Å². The fraction of sp³-hybridized carbons (Fsp3) is 0.370. The Labute approximate surface area is 212 Å². The van der Waals surface area contributed by atoms with E-state index in [1.54, 1.807) is 33.7 Å². The van der Waals surface area contributed by atoms with Crippen molar-refractivity contribution in [3.8, 4) is 0 Å². The summed E-state index contributed by atoms with van der Waals surface area (Å²) >= 11 is 6.15. The lowest BCUT2D eigenvalue weighted by Crippen LogP contribution is -2.30. The summed E-state index contributed by atoms with van der Waals surface area (Å²) in [5.74, 6) is -2.03. The van der Waals surface area contributed by atoms with E-state index in [2.05, 4.69) is 0 Å². The number of halogens is 2. The molecule has 2 aromatic carbocycles.